The van der Waals surface area contributed by atoms with Crippen LogP contribution in [-0.4, -0.2) is 54.5 Å². The molecule has 10 nitrogen and oxygen atoms in total. The van der Waals surface area contributed by atoms with Gasteiger partial charge >= 0.3 is 17.9 Å². The fourth-order valence-corrected chi connectivity index (χ4v) is 3.45. The highest BCUT2D eigenvalue weighted by Crippen LogP contribution is 2.31. The van der Waals surface area contributed by atoms with Crippen LogP contribution in [0.3, 0.4) is 0 Å². The fourth-order valence-electron chi connectivity index (χ4n) is 3.45. The molecule has 0 unspecified atom stereocenters. The summed E-state index contributed by atoms with van der Waals surface area (Å²) in [5.74, 6) is -2.56. The summed E-state index contributed by atoms with van der Waals surface area (Å²) < 4.78 is 27.8. The molecule has 0 radical (unpaired) electrons. The average Bonchev–Trinajstić information content (AvgIpc) is 2.78. The molecule has 0 aromatic heterocycles. The van der Waals surface area contributed by atoms with Gasteiger partial charge in [-0.2, -0.15) is 0 Å². The first-order chi connectivity index (χ1) is 16.2. The number of benzene rings is 2. The Bertz CT molecular complexity index is 1010. The molecule has 5 atom stereocenters. The second-order valence-electron chi connectivity index (χ2n) is 7.43. The standard InChI is InChI=1S/C24H25NO9/c1-14(26)30-19-20(31-15(2)27)22(32-16(3)28)24(33-18-12-8-5-9-13-18)34-21(19)23(29)25-17-10-6-4-7-11-17/h4-13,19-22,24H,1-3H3,(H,25,29)/t19-,20-,21-,22+,24-/m0/s1. The number of nitrogens with one attached hydrogen (secondary N) is 1. The van der Waals surface area contributed by atoms with Crippen molar-refractivity contribution in [1.82, 2.24) is 0 Å². The molecule has 1 saturated heterocycles. The van der Waals surface area contributed by atoms with Crippen LogP contribution in [-0.2, 0) is 38.1 Å². The number of carbonyl (C=O) groups excluding carboxylic acids is 4. The molecule has 0 spiro atoms. The molecule has 0 saturated carbocycles. The minimum absolute atomic E-state index is 0.347. The van der Waals surface area contributed by atoms with E-state index >= 15 is 0 Å². The van der Waals surface area contributed by atoms with Crippen molar-refractivity contribution in [2.75, 3.05) is 5.32 Å². The van der Waals surface area contributed by atoms with Crippen molar-refractivity contribution in [2.24, 2.45) is 0 Å². The van der Waals surface area contributed by atoms with Gasteiger partial charge in [-0.05, 0) is 24.3 Å². The van der Waals surface area contributed by atoms with Crippen LogP contribution < -0.4 is 10.1 Å². The predicted octanol–water partition coefficient (Wildman–Crippen LogP) is 2.22. The van der Waals surface area contributed by atoms with Crippen LogP contribution in [0, 0.1) is 0 Å². The zero-order valence-corrected chi connectivity index (χ0v) is 18.8. The lowest BCUT2D eigenvalue weighted by Gasteiger charge is -2.43. The van der Waals surface area contributed by atoms with Crippen molar-refractivity contribution in [3.05, 3.63) is 60.7 Å². The van der Waals surface area contributed by atoms with E-state index in [1.165, 1.54) is 0 Å². The van der Waals surface area contributed by atoms with Crippen molar-refractivity contribution in [3.8, 4) is 5.75 Å². The minimum Gasteiger partial charge on any atom is -0.461 e. The van der Waals surface area contributed by atoms with Gasteiger partial charge in [-0.1, -0.05) is 36.4 Å². The summed E-state index contributed by atoms with van der Waals surface area (Å²) in [6.07, 6.45) is -6.99. The molecule has 180 valence electrons. The molecular weight excluding hydrogens is 446 g/mol. The van der Waals surface area contributed by atoms with Crippen LogP contribution >= 0.6 is 0 Å². The van der Waals surface area contributed by atoms with Gasteiger partial charge < -0.3 is 29.0 Å². The van der Waals surface area contributed by atoms with Crippen molar-refractivity contribution >= 4 is 29.5 Å². The van der Waals surface area contributed by atoms with Crippen molar-refractivity contribution in [1.29, 1.82) is 0 Å². The van der Waals surface area contributed by atoms with E-state index in [-0.39, 0.29) is 0 Å². The lowest BCUT2D eigenvalue weighted by Crippen LogP contribution is -2.65. The normalized spacial score (nSPS) is 23.8. The third-order valence-corrected chi connectivity index (χ3v) is 4.70. The Morgan fingerprint density at radius 2 is 1.21 bits per heavy atom. The average molecular weight is 471 g/mol. The van der Waals surface area contributed by atoms with Crippen LogP contribution in [0.4, 0.5) is 5.69 Å². The van der Waals surface area contributed by atoms with Gasteiger partial charge in [0.25, 0.3) is 5.91 Å². The highest BCUT2D eigenvalue weighted by molar-refractivity contribution is 5.95. The Morgan fingerprint density at radius 3 is 1.76 bits per heavy atom. The summed E-state index contributed by atoms with van der Waals surface area (Å²) in [5, 5.41) is 2.67. The Hall–Kier alpha value is -3.92. The lowest BCUT2D eigenvalue weighted by atomic mass is 9.97. The quantitative estimate of drug-likeness (QED) is 0.478. The summed E-state index contributed by atoms with van der Waals surface area (Å²) in [7, 11) is 0. The third kappa shape index (κ3) is 6.55. The summed E-state index contributed by atoms with van der Waals surface area (Å²) in [4.78, 5) is 48.9. The zero-order chi connectivity index (χ0) is 24.7. The minimum atomic E-state index is -1.46. The monoisotopic (exact) mass is 471 g/mol. The summed E-state index contributed by atoms with van der Waals surface area (Å²) >= 11 is 0. The first-order valence-electron chi connectivity index (χ1n) is 10.5. The molecule has 34 heavy (non-hydrogen) atoms. The summed E-state index contributed by atoms with van der Waals surface area (Å²) in [5.41, 5.74) is 0.462. The Balaban J connectivity index is 2.00. The van der Waals surface area contributed by atoms with Crippen LogP contribution in [0.15, 0.2) is 60.7 Å². The smallest absolute Gasteiger partial charge is 0.303 e. The number of anilines is 1. The maximum Gasteiger partial charge on any atom is 0.303 e. The van der Waals surface area contributed by atoms with E-state index in [2.05, 4.69) is 5.32 Å². The first-order valence-corrected chi connectivity index (χ1v) is 10.5. The molecule has 1 fully saturated rings. The molecule has 0 bridgehead atoms. The molecule has 1 N–H and O–H groups in total. The molecule has 0 aliphatic carbocycles. The van der Waals surface area contributed by atoms with Gasteiger partial charge in [-0.25, -0.2) is 0 Å². The lowest BCUT2D eigenvalue weighted by molar-refractivity contribution is -0.277. The van der Waals surface area contributed by atoms with Crippen LogP contribution in [0.25, 0.3) is 0 Å². The van der Waals surface area contributed by atoms with E-state index in [1.54, 1.807) is 60.7 Å². The van der Waals surface area contributed by atoms with E-state index in [0.717, 1.165) is 20.8 Å². The van der Waals surface area contributed by atoms with E-state index in [4.69, 9.17) is 23.7 Å². The maximum absolute atomic E-state index is 13.2. The number of ether oxygens (including phenoxy) is 5. The first kappa shape index (κ1) is 24.7. The number of carbonyl (C=O) groups is 4. The Labute approximate surface area is 196 Å². The molecule has 3 rings (SSSR count). The largest absolute Gasteiger partial charge is 0.461 e. The molecule has 1 heterocycles. The highest BCUT2D eigenvalue weighted by Gasteiger charge is 2.55. The molecular formula is C24H25NO9. The number of rotatable bonds is 7. The molecule has 1 aliphatic rings. The second-order valence-corrected chi connectivity index (χ2v) is 7.43. The van der Waals surface area contributed by atoms with Crippen LogP contribution in [0.1, 0.15) is 20.8 Å². The van der Waals surface area contributed by atoms with Gasteiger partial charge in [0.1, 0.15) is 5.75 Å². The van der Waals surface area contributed by atoms with Gasteiger partial charge in [0, 0.05) is 26.5 Å². The number of para-hydroxylation sites is 2. The van der Waals surface area contributed by atoms with Gasteiger partial charge in [-0.3, -0.25) is 19.2 Å². The number of amides is 1. The SMILES string of the molecule is CC(=O)O[C@@H]1[C@@H](OC(C)=O)[C@@H](Oc2ccccc2)O[C@H](C(=O)Nc2ccccc2)[C@H]1OC(C)=O. The van der Waals surface area contributed by atoms with Crippen LogP contribution in [0.2, 0.25) is 0 Å². The fraction of sp³-hybridized carbons (Fsp3) is 0.333. The maximum atomic E-state index is 13.2. The number of hydrogen-bond acceptors (Lipinski definition) is 9. The van der Waals surface area contributed by atoms with Gasteiger partial charge in [-0.15, -0.1) is 0 Å². The summed E-state index contributed by atoms with van der Waals surface area (Å²) in [6.45, 7) is 3.42. The van der Waals surface area contributed by atoms with Gasteiger partial charge in [0.05, 0.1) is 0 Å². The topological polar surface area (TPSA) is 126 Å². The van der Waals surface area contributed by atoms with E-state index in [1.807, 2.05) is 0 Å². The van der Waals surface area contributed by atoms with E-state index in [9.17, 15) is 19.2 Å². The molecule has 1 aliphatic heterocycles. The number of hydrogen-bond donors (Lipinski definition) is 1. The van der Waals surface area contributed by atoms with E-state index in [0.29, 0.717) is 11.4 Å². The van der Waals surface area contributed by atoms with Gasteiger partial charge in [0.15, 0.2) is 18.3 Å². The second kappa shape index (κ2) is 11.3. The third-order valence-electron chi connectivity index (χ3n) is 4.70. The molecule has 2 aromatic rings. The van der Waals surface area contributed by atoms with E-state index < -0.39 is 54.5 Å². The number of esters is 3. The van der Waals surface area contributed by atoms with Gasteiger partial charge in [0.2, 0.25) is 12.4 Å². The van der Waals surface area contributed by atoms with Crippen molar-refractivity contribution < 1.29 is 42.9 Å². The predicted molar refractivity (Wildman–Crippen MR) is 117 cm³/mol. The zero-order valence-electron chi connectivity index (χ0n) is 18.8. The summed E-state index contributed by atoms with van der Waals surface area (Å²) in [6, 6.07) is 17.0. The molecule has 10 heteroatoms. The molecule has 2 aromatic carbocycles. The van der Waals surface area contributed by atoms with Crippen LogP contribution in [0.5, 0.6) is 5.75 Å². The highest BCUT2D eigenvalue weighted by atomic mass is 16.7. The Morgan fingerprint density at radius 1 is 0.706 bits per heavy atom. The van der Waals surface area contributed by atoms with Crippen molar-refractivity contribution in [2.45, 2.75) is 51.5 Å². The van der Waals surface area contributed by atoms with Crippen molar-refractivity contribution in [3.63, 3.8) is 0 Å². The molecule has 1 amide bonds. The Kier molecular flexibility index (Phi) is 8.20.